The maximum atomic E-state index is 12.4. The van der Waals surface area contributed by atoms with Crippen LogP contribution in [0.5, 0.6) is 5.75 Å². The summed E-state index contributed by atoms with van der Waals surface area (Å²) >= 11 is 0. The zero-order valence-electron chi connectivity index (χ0n) is 11.0. The molecule has 1 saturated carbocycles. The average molecular weight is 260 g/mol. The molecule has 1 aliphatic heterocycles. The van der Waals surface area contributed by atoms with Crippen molar-refractivity contribution in [3.05, 3.63) is 29.8 Å². The van der Waals surface area contributed by atoms with Crippen LogP contribution in [0.3, 0.4) is 0 Å². The van der Waals surface area contributed by atoms with Gasteiger partial charge in [0, 0.05) is 11.6 Å². The van der Waals surface area contributed by atoms with Crippen LogP contribution >= 0.6 is 0 Å². The third-order valence-corrected chi connectivity index (χ3v) is 4.31. The standard InChI is InChI=1S/C15H20N2O2/c16-8-10-4-3-6-13(10)17-15(18)12-9-19-14-7-2-1-5-11(12)14/h1-2,5,7,10,12-13H,3-4,6,8-9,16H2,(H,17,18). The summed E-state index contributed by atoms with van der Waals surface area (Å²) in [5.41, 5.74) is 6.76. The van der Waals surface area contributed by atoms with Crippen LogP contribution in [0.4, 0.5) is 0 Å². The van der Waals surface area contributed by atoms with E-state index >= 15 is 0 Å². The molecule has 4 heteroatoms. The Morgan fingerprint density at radius 2 is 2.21 bits per heavy atom. The number of carbonyl (C=O) groups excluding carboxylic acids is 1. The molecule has 2 aliphatic rings. The quantitative estimate of drug-likeness (QED) is 0.863. The molecule has 3 rings (SSSR count). The van der Waals surface area contributed by atoms with Gasteiger partial charge in [0.05, 0.1) is 0 Å². The monoisotopic (exact) mass is 260 g/mol. The Hall–Kier alpha value is -1.55. The predicted octanol–water partition coefficient (Wildman–Crippen LogP) is 1.41. The minimum Gasteiger partial charge on any atom is -0.492 e. The molecule has 0 radical (unpaired) electrons. The van der Waals surface area contributed by atoms with Crippen molar-refractivity contribution in [1.29, 1.82) is 0 Å². The molecule has 1 heterocycles. The molecule has 0 saturated heterocycles. The Balaban J connectivity index is 1.69. The zero-order valence-corrected chi connectivity index (χ0v) is 11.0. The van der Waals surface area contributed by atoms with E-state index in [2.05, 4.69) is 5.32 Å². The van der Waals surface area contributed by atoms with Gasteiger partial charge in [-0.25, -0.2) is 0 Å². The summed E-state index contributed by atoms with van der Waals surface area (Å²) in [5, 5.41) is 3.16. The van der Waals surface area contributed by atoms with Crippen molar-refractivity contribution in [2.45, 2.75) is 31.2 Å². The van der Waals surface area contributed by atoms with E-state index in [0.717, 1.165) is 30.6 Å². The molecule has 1 aromatic carbocycles. The summed E-state index contributed by atoms with van der Waals surface area (Å²) in [6.07, 6.45) is 3.33. The molecule has 0 aromatic heterocycles. The molecule has 19 heavy (non-hydrogen) atoms. The summed E-state index contributed by atoms with van der Waals surface area (Å²) in [5.74, 6) is 1.18. The molecule has 3 N–H and O–H groups in total. The van der Waals surface area contributed by atoms with Gasteiger partial charge in [0.15, 0.2) is 0 Å². The normalized spacial score (nSPS) is 28.8. The lowest BCUT2D eigenvalue weighted by atomic mass is 9.98. The minimum absolute atomic E-state index is 0.0790. The van der Waals surface area contributed by atoms with E-state index in [0.29, 0.717) is 19.1 Å². The van der Waals surface area contributed by atoms with Gasteiger partial charge in [-0.3, -0.25) is 4.79 Å². The topological polar surface area (TPSA) is 64.3 Å². The average Bonchev–Trinajstić information content (AvgIpc) is 3.04. The molecule has 1 aromatic rings. The zero-order chi connectivity index (χ0) is 13.2. The molecule has 3 unspecified atom stereocenters. The van der Waals surface area contributed by atoms with Crippen LogP contribution in [0.15, 0.2) is 24.3 Å². The Morgan fingerprint density at radius 1 is 1.37 bits per heavy atom. The van der Waals surface area contributed by atoms with Crippen LogP contribution in [0.2, 0.25) is 0 Å². The number of ether oxygens (including phenoxy) is 1. The van der Waals surface area contributed by atoms with Gasteiger partial charge in [-0.1, -0.05) is 24.6 Å². The third-order valence-electron chi connectivity index (χ3n) is 4.31. The van der Waals surface area contributed by atoms with E-state index in [1.807, 2.05) is 24.3 Å². The highest BCUT2D eigenvalue weighted by molar-refractivity contribution is 5.85. The van der Waals surface area contributed by atoms with Crippen LogP contribution in [0.25, 0.3) is 0 Å². The number of nitrogens with two attached hydrogens (primary N) is 1. The summed E-state index contributed by atoms with van der Waals surface area (Å²) in [6.45, 7) is 1.11. The van der Waals surface area contributed by atoms with E-state index in [4.69, 9.17) is 10.5 Å². The first-order valence-corrected chi connectivity index (χ1v) is 7.01. The first kappa shape index (κ1) is 12.5. The molecule has 1 amide bonds. The summed E-state index contributed by atoms with van der Waals surface area (Å²) < 4.78 is 5.56. The largest absolute Gasteiger partial charge is 0.492 e. The predicted molar refractivity (Wildman–Crippen MR) is 73.0 cm³/mol. The van der Waals surface area contributed by atoms with Gasteiger partial charge < -0.3 is 15.8 Å². The Morgan fingerprint density at radius 3 is 3.05 bits per heavy atom. The second kappa shape index (κ2) is 5.21. The second-order valence-corrected chi connectivity index (χ2v) is 5.44. The number of hydrogen-bond acceptors (Lipinski definition) is 3. The highest BCUT2D eigenvalue weighted by Gasteiger charge is 2.34. The molecule has 0 bridgehead atoms. The van der Waals surface area contributed by atoms with E-state index in [9.17, 15) is 4.79 Å². The first-order chi connectivity index (χ1) is 9.29. The van der Waals surface area contributed by atoms with Crippen LogP contribution in [0, 0.1) is 5.92 Å². The second-order valence-electron chi connectivity index (χ2n) is 5.44. The third kappa shape index (κ3) is 2.32. The van der Waals surface area contributed by atoms with Crippen LogP contribution in [-0.4, -0.2) is 25.1 Å². The first-order valence-electron chi connectivity index (χ1n) is 7.01. The lowest BCUT2D eigenvalue weighted by Gasteiger charge is -2.21. The van der Waals surface area contributed by atoms with Gasteiger partial charge in [-0.2, -0.15) is 0 Å². The van der Waals surface area contributed by atoms with Crippen LogP contribution in [-0.2, 0) is 4.79 Å². The molecule has 102 valence electrons. The van der Waals surface area contributed by atoms with Gasteiger partial charge in [0.25, 0.3) is 0 Å². The smallest absolute Gasteiger partial charge is 0.231 e. The number of fused-ring (bicyclic) bond motifs is 1. The maximum absolute atomic E-state index is 12.4. The summed E-state index contributed by atoms with van der Waals surface area (Å²) in [7, 11) is 0. The molecular formula is C15H20N2O2. The van der Waals surface area contributed by atoms with Gasteiger partial charge >= 0.3 is 0 Å². The number of para-hydroxylation sites is 1. The van der Waals surface area contributed by atoms with Crippen molar-refractivity contribution in [1.82, 2.24) is 5.32 Å². The molecule has 0 spiro atoms. The molecule has 1 fully saturated rings. The van der Waals surface area contributed by atoms with Crippen molar-refractivity contribution < 1.29 is 9.53 Å². The lowest BCUT2D eigenvalue weighted by Crippen LogP contribution is -2.42. The molecule has 3 atom stereocenters. The fourth-order valence-electron chi connectivity index (χ4n) is 3.17. The van der Waals surface area contributed by atoms with E-state index in [1.165, 1.54) is 0 Å². The van der Waals surface area contributed by atoms with Crippen molar-refractivity contribution in [2.75, 3.05) is 13.2 Å². The van der Waals surface area contributed by atoms with Gasteiger partial charge in [0.1, 0.15) is 18.3 Å². The van der Waals surface area contributed by atoms with Crippen molar-refractivity contribution in [2.24, 2.45) is 11.7 Å². The van der Waals surface area contributed by atoms with Crippen LogP contribution in [0.1, 0.15) is 30.7 Å². The van der Waals surface area contributed by atoms with E-state index in [1.54, 1.807) is 0 Å². The fraction of sp³-hybridized carbons (Fsp3) is 0.533. The Bertz CT molecular complexity index is 475. The number of amides is 1. The Kier molecular flexibility index (Phi) is 3.42. The SMILES string of the molecule is NCC1CCCC1NC(=O)C1COc2ccccc21. The minimum atomic E-state index is -0.171. The van der Waals surface area contributed by atoms with Gasteiger partial charge in [0.2, 0.25) is 5.91 Å². The number of carbonyl (C=O) groups is 1. The molecule has 1 aliphatic carbocycles. The fourth-order valence-corrected chi connectivity index (χ4v) is 3.17. The van der Waals surface area contributed by atoms with Crippen molar-refractivity contribution in [3.63, 3.8) is 0 Å². The number of benzene rings is 1. The Labute approximate surface area is 113 Å². The number of rotatable bonds is 3. The van der Waals surface area contributed by atoms with Crippen molar-refractivity contribution >= 4 is 5.91 Å². The van der Waals surface area contributed by atoms with Crippen LogP contribution < -0.4 is 15.8 Å². The summed E-state index contributed by atoms with van der Waals surface area (Å²) in [4.78, 5) is 12.4. The molecular weight excluding hydrogens is 240 g/mol. The maximum Gasteiger partial charge on any atom is 0.231 e. The molecule has 4 nitrogen and oxygen atoms in total. The lowest BCUT2D eigenvalue weighted by molar-refractivity contribution is -0.123. The number of nitrogens with one attached hydrogen (secondary N) is 1. The number of hydrogen-bond donors (Lipinski definition) is 2. The van der Waals surface area contributed by atoms with Gasteiger partial charge in [-0.15, -0.1) is 0 Å². The van der Waals surface area contributed by atoms with Crippen molar-refractivity contribution in [3.8, 4) is 5.75 Å². The van der Waals surface area contributed by atoms with E-state index in [-0.39, 0.29) is 17.9 Å². The summed E-state index contributed by atoms with van der Waals surface area (Å²) in [6, 6.07) is 8.01. The highest BCUT2D eigenvalue weighted by Crippen LogP contribution is 2.34. The van der Waals surface area contributed by atoms with E-state index < -0.39 is 0 Å². The van der Waals surface area contributed by atoms with Gasteiger partial charge in [-0.05, 0) is 31.4 Å². The highest BCUT2D eigenvalue weighted by atomic mass is 16.5.